The van der Waals surface area contributed by atoms with Crippen LogP contribution in [0, 0.1) is 6.92 Å². The van der Waals surface area contributed by atoms with E-state index in [1.807, 2.05) is 24.3 Å². The number of piperazine rings is 1. The summed E-state index contributed by atoms with van der Waals surface area (Å²) in [6.45, 7) is 6.63. The van der Waals surface area contributed by atoms with Crippen LogP contribution in [0.4, 0.5) is 5.69 Å². The number of anilines is 1. The van der Waals surface area contributed by atoms with E-state index in [1.165, 1.54) is 11.3 Å². The second-order valence-electron chi connectivity index (χ2n) is 6.16. The number of nitrogens with zero attached hydrogens (tertiary/aromatic N) is 2. The van der Waals surface area contributed by atoms with Crippen LogP contribution in [-0.2, 0) is 0 Å². The summed E-state index contributed by atoms with van der Waals surface area (Å²) in [5.74, 6) is 0. The Hall–Kier alpha value is -1.55. The van der Waals surface area contributed by atoms with Crippen LogP contribution in [-0.4, -0.2) is 42.7 Å². The summed E-state index contributed by atoms with van der Waals surface area (Å²) in [5, 5.41) is 11.1. The third-order valence-corrected chi connectivity index (χ3v) is 4.78. The highest BCUT2D eigenvalue weighted by Gasteiger charge is 2.21. The van der Waals surface area contributed by atoms with E-state index in [0.29, 0.717) is 11.6 Å². The molecule has 0 radical (unpaired) electrons. The Kier molecular flexibility index (Phi) is 5.21. The summed E-state index contributed by atoms with van der Waals surface area (Å²) in [6, 6.07) is 16.2. The van der Waals surface area contributed by atoms with Gasteiger partial charge in [-0.2, -0.15) is 0 Å². The predicted molar refractivity (Wildman–Crippen MR) is 96.2 cm³/mol. The summed E-state index contributed by atoms with van der Waals surface area (Å²) in [7, 11) is 0. The number of aryl methyl sites for hydroxylation is 1. The van der Waals surface area contributed by atoms with Crippen molar-refractivity contribution < 1.29 is 5.11 Å². The Morgan fingerprint density at radius 3 is 2.48 bits per heavy atom. The number of benzene rings is 2. The van der Waals surface area contributed by atoms with Gasteiger partial charge in [-0.05, 0) is 30.7 Å². The number of halogens is 1. The van der Waals surface area contributed by atoms with Crippen LogP contribution in [0.5, 0.6) is 0 Å². The first kappa shape index (κ1) is 16.3. The normalized spacial score (nSPS) is 17.3. The third-order valence-electron chi connectivity index (χ3n) is 4.43. The van der Waals surface area contributed by atoms with Gasteiger partial charge < -0.3 is 10.0 Å². The van der Waals surface area contributed by atoms with Gasteiger partial charge in [-0.25, -0.2) is 0 Å². The molecule has 0 aliphatic carbocycles. The van der Waals surface area contributed by atoms with Gasteiger partial charge in [-0.15, -0.1) is 0 Å². The molecule has 1 atom stereocenters. The third kappa shape index (κ3) is 4.05. The van der Waals surface area contributed by atoms with Gasteiger partial charge in [-0.3, -0.25) is 4.90 Å². The molecule has 1 aliphatic heterocycles. The average molecular weight is 331 g/mol. The molecule has 4 heteroatoms. The maximum atomic E-state index is 10.4. The van der Waals surface area contributed by atoms with Crippen molar-refractivity contribution in [1.82, 2.24) is 4.90 Å². The zero-order chi connectivity index (χ0) is 16.2. The smallest absolute Gasteiger partial charge is 0.0931 e. The van der Waals surface area contributed by atoms with Crippen LogP contribution in [0.3, 0.4) is 0 Å². The standard InChI is InChI=1S/C19H23ClN2O/c1-15-5-4-6-16(13-15)22-11-9-21(10-12-22)14-19(23)17-7-2-3-8-18(17)20/h2-8,13,19,23H,9-12,14H2,1H3. The van der Waals surface area contributed by atoms with Crippen LogP contribution < -0.4 is 4.90 Å². The van der Waals surface area contributed by atoms with Crippen molar-refractivity contribution >= 4 is 17.3 Å². The zero-order valence-corrected chi connectivity index (χ0v) is 14.2. The monoisotopic (exact) mass is 330 g/mol. The fourth-order valence-corrected chi connectivity index (χ4v) is 3.36. The van der Waals surface area contributed by atoms with E-state index in [2.05, 4.69) is 41.0 Å². The molecule has 0 spiro atoms. The second-order valence-corrected chi connectivity index (χ2v) is 6.57. The lowest BCUT2D eigenvalue weighted by atomic mass is 10.1. The lowest BCUT2D eigenvalue weighted by molar-refractivity contribution is 0.109. The summed E-state index contributed by atoms with van der Waals surface area (Å²) in [6.07, 6.45) is -0.533. The lowest BCUT2D eigenvalue weighted by Gasteiger charge is -2.37. The SMILES string of the molecule is Cc1cccc(N2CCN(CC(O)c3ccccc3Cl)CC2)c1. The largest absolute Gasteiger partial charge is 0.387 e. The molecular weight excluding hydrogens is 308 g/mol. The fraction of sp³-hybridized carbons (Fsp3) is 0.368. The lowest BCUT2D eigenvalue weighted by Crippen LogP contribution is -2.47. The van der Waals surface area contributed by atoms with Crippen LogP contribution in [0.1, 0.15) is 17.2 Å². The first-order valence-corrected chi connectivity index (χ1v) is 8.48. The quantitative estimate of drug-likeness (QED) is 0.929. The molecule has 3 nitrogen and oxygen atoms in total. The van der Waals surface area contributed by atoms with Crippen LogP contribution in [0.15, 0.2) is 48.5 Å². The number of aliphatic hydroxyl groups is 1. The second kappa shape index (κ2) is 7.35. The maximum Gasteiger partial charge on any atom is 0.0931 e. The van der Waals surface area contributed by atoms with Gasteiger partial charge >= 0.3 is 0 Å². The van der Waals surface area contributed by atoms with E-state index in [1.54, 1.807) is 0 Å². The molecule has 1 aliphatic rings. The Balaban J connectivity index is 1.56. The molecule has 2 aromatic carbocycles. The van der Waals surface area contributed by atoms with E-state index in [-0.39, 0.29) is 0 Å². The van der Waals surface area contributed by atoms with E-state index >= 15 is 0 Å². The average Bonchev–Trinajstić information content (AvgIpc) is 2.56. The predicted octanol–water partition coefficient (Wildman–Crippen LogP) is 3.50. The van der Waals surface area contributed by atoms with Gasteiger partial charge in [-0.1, -0.05) is 41.9 Å². The number of hydrogen-bond acceptors (Lipinski definition) is 3. The Morgan fingerprint density at radius 1 is 1.04 bits per heavy atom. The van der Waals surface area contributed by atoms with Crippen molar-refractivity contribution in [1.29, 1.82) is 0 Å². The van der Waals surface area contributed by atoms with E-state index in [4.69, 9.17) is 11.6 Å². The number of rotatable bonds is 4. The van der Waals surface area contributed by atoms with Crippen molar-refractivity contribution in [2.24, 2.45) is 0 Å². The Labute approximate surface area is 143 Å². The minimum Gasteiger partial charge on any atom is -0.387 e. The highest BCUT2D eigenvalue weighted by molar-refractivity contribution is 6.31. The van der Waals surface area contributed by atoms with Crippen molar-refractivity contribution in [2.45, 2.75) is 13.0 Å². The van der Waals surface area contributed by atoms with E-state index < -0.39 is 6.10 Å². The minimum absolute atomic E-state index is 0.533. The first-order valence-electron chi connectivity index (χ1n) is 8.10. The molecule has 0 bridgehead atoms. The molecule has 1 unspecified atom stereocenters. The Morgan fingerprint density at radius 2 is 1.78 bits per heavy atom. The minimum atomic E-state index is -0.533. The molecule has 1 heterocycles. The Bertz CT molecular complexity index is 653. The van der Waals surface area contributed by atoms with Gasteiger partial charge in [0, 0.05) is 49.0 Å². The fourth-order valence-electron chi connectivity index (χ4n) is 3.10. The number of β-amino-alcohol motifs (C(OH)–C–C–N with tert-alkyl or cyclic N) is 1. The number of aliphatic hydroxyl groups excluding tert-OH is 1. The number of hydrogen-bond donors (Lipinski definition) is 1. The topological polar surface area (TPSA) is 26.7 Å². The summed E-state index contributed by atoms with van der Waals surface area (Å²) >= 11 is 6.17. The highest BCUT2D eigenvalue weighted by Crippen LogP contribution is 2.24. The highest BCUT2D eigenvalue weighted by atomic mass is 35.5. The molecule has 1 fully saturated rings. The molecule has 0 saturated carbocycles. The van der Waals surface area contributed by atoms with Crippen LogP contribution in [0.25, 0.3) is 0 Å². The summed E-state index contributed by atoms with van der Waals surface area (Å²) < 4.78 is 0. The molecule has 3 rings (SSSR count). The van der Waals surface area contributed by atoms with E-state index in [0.717, 1.165) is 31.7 Å². The molecule has 0 amide bonds. The van der Waals surface area contributed by atoms with Crippen molar-refractivity contribution in [3.8, 4) is 0 Å². The maximum absolute atomic E-state index is 10.4. The molecular formula is C19H23ClN2O. The molecule has 1 saturated heterocycles. The van der Waals surface area contributed by atoms with Crippen molar-refractivity contribution in [3.05, 3.63) is 64.7 Å². The molecule has 2 aromatic rings. The first-order chi connectivity index (χ1) is 11.1. The van der Waals surface area contributed by atoms with E-state index in [9.17, 15) is 5.11 Å². The van der Waals surface area contributed by atoms with Crippen LogP contribution in [0.2, 0.25) is 5.02 Å². The molecule has 1 N–H and O–H groups in total. The zero-order valence-electron chi connectivity index (χ0n) is 13.5. The molecule has 122 valence electrons. The molecule has 23 heavy (non-hydrogen) atoms. The van der Waals surface area contributed by atoms with Crippen molar-refractivity contribution in [3.63, 3.8) is 0 Å². The molecule has 0 aromatic heterocycles. The van der Waals surface area contributed by atoms with Gasteiger partial charge in [0.1, 0.15) is 0 Å². The van der Waals surface area contributed by atoms with Gasteiger partial charge in [0.05, 0.1) is 6.10 Å². The van der Waals surface area contributed by atoms with Gasteiger partial charge in [0.15, 0.2) is 0 Å². The van der Waals surface area contributed by atoms with Gasteiger partial charge in [0.2, 0.25) is 0 Å². The summed E-state index contributed by atoms with van der Waals surface area (Å²) in [4.78, 5) is 4.71. The van der Waals surface area contributed by atoms with Crippen molar-refractivity contribution in [2.75, 3.05) is 37.6 Å². The van der Waals surface area contributed by atoms with Crippen LogP contribution >= 0.6 is 11.6 Å². The summed E-state index contributed by atoms with van der Waals surface area (Å²) in [5.41, 5.74) is 3.39. The van der Waals surface area contributed by atoms with Gasteiger partial charge in [0.25, 0.3) is 0 Å².